The maximum atomic E-state index is 14.0. The Bertz CT molecular complexity index is 1040. The highest BCUT2D eigenvalue weighted by Gasteiger charge is 2.36. The van der Waals surface area contributed by atoms with E-state index in [2.05, 4.69) is 26.1 Å². The minimum absolute atomic E-state index is 0.00565. The van der Waals surface area contributed by atoms with Gasteiger partial charge in [0, 0.05) is 24.6 Å². The lowest BCUT2D eigenvalue weighted by molar-refractivity contribution is -0.117. The van der Waals surface area contributed by atoms with Crippen molar-refractivity contribution in [1.29, 1.82) is 0 Å². The van der Waals surface area contributed by atoms with Gasteiger partial charge in [0.25, 0.3) is 0 Å². The zero-order valence-corrected chi connectivity index (χ0v) is 15.2. The van der Waals surface area contributed by atoms with Crippen molar-refractivity contribution < 1.29 is 22.5 Å². The summed E-state index contributed by atoms with van der Waals surface area (Å²) >= 11 is 3.10. The second-order valence-electron chi connectivity index (χ2n) is 6.09. The summed E-state index contributed by atoms with van der Waals surface area (Å²) in [5.74, 6) is -2.21. The van der Waals surface area contributed by atoms with Gasteiger partial charge in [-0.2, -0.15) is 4.98 Å². The van der Waals surface area contributed by atoms with Crippen LogP contribution in [0.15, 0.2) is 45.4 Å². The van der Waals surface area contributed by atoms with E-state index in [9.17, 15) is 18.0 Å². The highest BCUT2D eigenvalue weighted by Crippen LogP contribution is 2.33. The van der Waals surface area contributed by atoms with Gasteiger partial charge in [0.05, 0.1) is 16.1 Å². The molecule has 0 saturated carbocycles. The van der Waals surface area contributed by atoms with E-state index in [-0.39, 0.29) is 40.7 Å². The first kappa shape index (κ1) is 17.7. The molecule has 0 bridgehead atoms. The molecule has 1 unspecified atom stereocenters. The number of amides is 1. The Hall–Kier alpha value is -2.68. The second-order valence-corrected chi connectivity index (χ2v) is 6.94. The highest BCUT2D eigenvalue weighted by molar-refractivity contribution is 9.10. The molecule has 4 rings (SSSR count). The van der Waals surface area contributed by atoms with Crippen molar-refractivity contribution in [2.75, 3.05) is 11.4 Å². The molecule has 1 fully saturated rings. The summed E-state index contributed by atoms with van der Waals surface area (Å²) in [6.07, 6.45) is 0.0611. The summed E-state index contributed by atoms with van der Waals surface area (Å²) in [7, 11) is 0. The Kier molecular flexibility index (Phi) is 4.47. The molecule has 138 valence electrons. The van der Waals surface area contributed by atoms with Crippen LogP contribution in [0, 0.1) is 17.5 Å². The first-order valence-electron chi connectivity index (χ1n) is 7.97. The van der Waals surface area contributed by atoms with Gasteiger partial charge in [-0.3, -0.25) is 4.79 Å². The molecule has 3 aromatic rings. The van der Waals surface area contributed by atoms with Crippen molar-refractivity contribution in [1.82, 2.24) is 10.1 Å². The van der Waals surface area contributed by atoms with Crippen LogP contribution in [0.4, 0.5) is 18.9 Å². The fourth-order valence-electron chi connectivity index (χ4n) is 2.96. The van der Waals surface area contributed by atoms with E-state index in [0.29, 0.717) is 5.56 Å². The topological polar surface area (TPSA) is 59.2 Å². The number of halogens is 4. The third-order valence-corrected chi connectivity index (χ3v) is 4.90. The third-order valence-electron chi connectivity index (χ3n) is 4.29. The van der Waals surface area contributed by atoms with Crippen LogP contribution in [0.2, 0.25) is 0 Å². The minimum Gasteiger partial charge on any atom is -0.339 e. The molecule has 2 heterocycles. The van der Waals surface area contributed by atoms with Gasteiger partial charge in [-0.05, 0) is 46.3 Å². The van der Waals surface area contributed by atoms with Gasteiger partial charge in [-0.1, -0.05) is 5.16 Å². The Morgan fingerprint density at radius 2 is 1.93 bits per heavy atom. The van der Waals surface area contributed by atoms with Crippen LogP contribution in [-0.4, -0.2) is 22.6 Å². The van der Waals surface area contributed by atoms with E-state index < -0.39 is 23.4 Å². The third kappa shape index (κ3) is 3.34. The average Bonchev–Trinajstić information content (AvgIpc) is 3.25. The van der Waals surface area contributed by atoms with Gasteiger partial charge in [0.15, 0.2) is 0 Å². The molecule has 0 radical (unpaired) electrons. The maximum Gasteiger partial charge on any atom is 0.232 e. The van der Waals surface area contributed by atoms with Crippen LogP contribution >= 0.6 is 15.9 Å². The summed E-state index contributed by atoms with van der Waals surface area (Å²) in [5.41, 5.74) is 0.551. The van der Waals surface area contributed by atoms with E-state index in [1.54, 1.807) is 0 Å². The van der Waals surface area contributed by atoms with Crippen molar-refractivity contribution in [3.8, 4) is 11.4 Å². The Labute approximate surface area is 159 Å². The predicted molar refractivity (Wildman–Crippen MR) is 93.5 cm³/mol. The zero-order chi connectivity index (χ0) is 19.1. The van der Waals surface area contributed by atoms with Crippen molar-refractivity contribution in [3.05, 3.63) is 64.2 Å². The fraction of sp³-hybridized carbons (Fsp3) is 0.167. The summed E-state index contributed by atoms with van der Waals surface area (Å²) in [5, 5.41) is 3.87. The molecule has 9 heteroatoms. The maximum absolute atomic E-state index is 14.0. The van der Waals surface area contributed by atoms with E-state index in [1.807, 2.05) is 0 Å². The standard InChI is InChI=1S/C18H11BrF3N3O2/c19-12-5-9(1-3-13(12)21)17-23-18(27-24-17)10-6-16(26)25(8-10)15-4-2-11(20)7-14(15)22/h1-5,7,10H,6,8H2. The van der Waals surface area contributed by atoms with Crippen LogP contribution in [0.5, 0.6) is 0 Å². The number of carbonyl (C=O) groups excluding carboxylic acids is 1. The van der Waals surface area contributed by atoms with Gasteiger partial charge < -0.3 is 9.42 Å². The number of carbonyl (C=O) groups is 1. The number of benzene rings is 2. The second kappa shape index (κ2) is 6.80. The quantitative estimate of drug-likeness (QED) is 0.607. The van der Waals surface area contributed by atoms with Crippen LogP contribution in [0.1, 0.15) is 18.2 Å². The van der Waals surface area contributed by atoms with Crippen molar-refractivity contribution in [2.24, 2.45) is 0 Å². The highest BCUT2D eigenvalue weighted by atomic mass is 79.9. The van der Waals surface area contributed by atoms with Crippen molar-refractivity contribution in [3.63, 3.8) is 0 Å². The van der Waals surface area contributed by atoms with Crippen LogP contribution < -0.4 is 4.90 Å². The first-order valence-corrected chi connectivity index (χ1v) is 8.76. The Morgan fingerprint density at radius 1 is 1.11 bits per heavy atom. The normalized spacial score (nSPS) is 17.0. The molecule has 27 heavy (non-hydrogen) atoms. The largest absolute Gasteiger partial charge is 0.339 e. The number of hydrogen-bond acceptors (Lipinski definition) is 4. The van der Waals surface area contributed by atoms with Crippen LogP contribution in [-0.2, 0) is 4.79 Å². The van der Waals surface area contributed by atoms with E-state index in [1.165, 1.54) is 29.2 Å². The van der Waals surface area contributed by atoms with Crippen LogP contribution in [0.25, 0.3) is 11.4 Å². The molecular formula is C18H11BrF3N3O2. The molecule has 5 nitrogen and oxygen atoms in total. The molecule has 1 aliphatic rings. The molecule has 1 amide bonds. The van der Waals surface area contributed by atoms with Gasteiger partial charge in [-0.25, -0.2) is 13.2 Å². The lowest BCUT2D eigenvalue weighted by Gasteiger charge is -2.16. The van der Waals surface area contributed by atoms with Crippen molar-refractivity contribution >= 4 is 27.5 Å². The summed E-state index contributed by atoms with van der Waals surface area (Å²) in [6.45, 7) is 0.135. The number of aromatic nitrogens is 2. The molecule has 1 aliphatic heterocycles. The lowest BCUT2D eigenvalue weighted by atomic mass is 10.1. The van der Waals surface area contributed by atoms with Gasteiger partial charge >= 0.3 is 0 Å². The zero-order valence-electron chi connectivity index (χ0n) is 13.6. The minimum atomic E-state index is -0.814. The van der Waals surface area contributed by atoms with E-state index in [4.69, 9.17) is 4.52 Å². The predicted octanol–water partition coefficient (Wildman–Crippen LogP) is 4.44. The molecule has 1 saturated heterocycles. The molecule has 1 atom stereocenters. The molecular weight excluding hydrogens is 427 g/mol. The van der Waals surface area contributed by atoms with Crippen molar-refractivity contribution in [2.45, 2.75) is 12.3 Å². The first-order chi connectivity index (χ1) is 12.9. The smallest absolute Gasteiger partial charge is 0.232 e. The summed E-state index contributed by atoms with van der Waals surface area (Å²) < 4.78 is 45.9. The van der Waals surface area contributed by atoms with Crippen LogP contribution in [0.3, 0.4) is 0 Å². The fourth-order valence-corrected chi connectivity index (χ4v) is 3.34. The average molecular weight is 438 g/mol. The van der Waals surface area contributed by atoms with Gasteiger partial charge in [0.2, 0.25) is 17.6 Å². The summed E-state index contributed by atoms with van der Waals surface area (Å²) in [6, 6.07) is 7.34. The number of hydrogen-bond donors (Lipinski definition) is 0. The van der Waals surface area contributed by atoms with E-state index in [0.717, 1.165) is 12.1 Å². The molecule has 2 aromatic carbocycles. The van der Waals surface area contributed by atoms with Gasteiger partial charge in [0.1, 0.15) is 17.5 Å². The van der Waals surface area contributed by atoms with E-state index >= 15 is 0 Å². The molecule has 0 aliphatic carbocycles. The molecule has 0 spiro atoms. The monoisotopic (exact) mass is 437 g/mol. The summed E-state index contributed by atoms with van der Waals surface area (Å²) in [4.78, 5) is 17.8. The number of rotatable bonds is 3. The Morgan fingerprint density at radius 3 is 2.67 bits per heavy atom. The molecule has 0 N–H and O–H groups in total. The Balaban J connectivity index is 1.57. The number of anilines is 1. The SMILES string of the molecule is O=C1CC(c2nc(-c3ccc(F)c(Br)c3)no2)CN1c1ccc(F)cc1F. The van der Waals surface area contributed by atoms with Gasteiger partial charge in [-0.15, -0.1) is 0 Å². The lowest BCUT2D eigenvalue weighted by Crippen LogP contribution is -2.25. The number of nitrogens with zero attached hydrogens (tertiary/aromatic N) is 3. The molecule has 1 aromatic heterocycles.